The van der Waals surface area contributed by atoms with Crippen LogP contribution >= 0.6 is 0 Å². The van der Waals surface area contributed by atoms with E-state index in [0.717, 1.165) is 35.6 Å². The first-order chi connectivity index (χ1) is 27.7. The molecule has 278 valence electrons. The minimum absolute atomic E-state index is 0.00674. The van der Waals surface area contributed by atoms with Crippen molar-refractivity contribution < 1.29 is 0 Å². The summed E-state index contributed by atoms with van der Waals surface area (Å²) in [6, 6.07) is 65.6. The Bertz CT molecular complexity index is 2800. The van der Waals surface area contributed by atoms with Crippen molar-refractivity contribution >= 4 is 79.7 Å². The van der Waals surface area contributed by atoms with E-state index in [-0.39, 0.29) is 5.41 Å². The predicted octanol–water partition coefficient (Wildman–Crippen LogP) is 15.0. The smallest absolute Gasteiger partial charge is 0.0775 e. The van der Waals surface area contributed by atoms with Gasteiger partial charge in [0.2, 0.25) is 0 Å². The molecule has 0 saturated carbocycles. The normalized spacial score (nSPS) is 13.7. The van der Waals surface area contributed by atoms with Gasteiger partial charge in [0.1, 0.15) is 0 Å². The van der Waals surface area contributed by atoms with Crippen LogP contribution in [0.1, 0.15) is 31.4 Å². The van der Waals surface area contributed by atoms with Gasteiger partial charge in [0.25, 0.3) is 0 Å². The van der Waals surface area contributed by atoms with E-state index in [1.165, 1.54) is 71.1 Å². The Hall–Kier alpha value is -6.16. The minimum atomic E-state index is -1.49. The lowest BCUT2D eigenvalue weighted by Crippen LogP contribution is -2.37. The van der Waals surface area contributed by atoms with E-state index in [1.807, 2.05) is 0 Å². The molecule has 57 heavy (non-hydrogen) atoms. The second-order valence-corrected chi connectivity index (χ2v) is 22.6. The molecule has 0 aliphatic heterocycles. The lowest BCUT2D eigenvalue weighted by atomic mass is 9.70. The molecule has 1 aliphatic rings. The number of aryl methyl sites for hydroxylation is 1. The third-order valence-electron chi connectivity index (χ3n) is 12.4. The van der Waals surface area contributed by atoms with Gasteiger partial charge < -0.3 is 9.80 Å². The summed E-state index contributed by atoms with van der Waals surface area (Å²) < 4.78 is 0. The van der Waals surface area contributed by atoms with Gasteiger partial charge in [-0.3, -0.25) is 0 Å². The van der Waals surface area contributed by atoms with Gasteiger partial charge in [-0.05, 0) is 118 Å². The molecule has 0 spiro atoms. The second-order valence-electron chi connectivity index (χ2n) is 17.5. The molecular formula is C54H48N2Si. The molecule has 0 aromatic heterocycles. The van der Waals surface area contributed by atoms with E-state index in [1.54, 1.807) is 0 Å². The number of rotatable bonds is 8. The second kappa shape index (κ2) is 13.5. The molecule has 0 saturated heterocycles. The van der Waals surface area contributed by atoms with E-state index in [4.69, 9.17) is 0 Å². The third-order valence-corrected chi connectivity index (χ3v) is 14.5. The summed E-state index contributed by atoms with van der Waals surface area (Å²) in [6.45, 7) is 12.2. The van der Waals surface area contributed by atoms with Crippen LogP contribution in [-0.2, 0) is 11.8 Å². The van der Waals surface area contributed by atoms with E-state index >= 15 is 0 Å². The maximum absolute atomic E-state index is 2.57. The van der Waals surface area contributed by atoms with Gasteiger partial charge in [-0.2, -0.15) is 0 Å². The average Bonchev–Trinajstić information content (AvgIpc) is 3.24. The predicted molar refractivity (Wildman–Crippen MR) is 249 cm³/mol. The highest BCUT2D eigenvalue weighted by Crippen LogP contribution is 2.54. The Labute approximate surface area is 338 Å². The van der Waals surface area contributed by atoms with Gasteiger partial charge in [0, 0.05) is 44.3 Å². The van der Waals surface area contributed by atoms with Crippen molar-refractivity contribution in [3.05, 3.63) is 187 Å². The van der Waals surface area contributed by atoms with Crippen LogP contribution in [0.15, 0.2) is 176 Å². The lowest BCUT2D eigenvalue weighted by molar-refractivity contribution is 0.475. The summed E-state index contributed by atoms with van der Waals surface area (Å²) >= 11 is 0. The van der Waals surface area contributed by atoms with Crippen LogP contribution in [0.5, 0.6) is 0 Å². The molecule has 0 N–H and O–H groups in total. The van der Waals surface area contributed by atoms with Gasteiger partial charge >= 0.3 is 0 Å². The van der Waals surface area contributed by atoms with Crippen LogP contribution in [0.4, 0.5) is 34.1 Å². The Morgan fingerprint density at radius 3 is 1.42 bits per heavy atom. The zero-order chi connectivity index (χ0) is 38.9. The minimum Gasteiger partial charge on any atom is -0.310 e. The molecule has 1 aliphatic carbocycles. The fourth-order valence-electron chi connectivity index (χ4n) is 9.38. The van der Waals surface area contributed by atoms with Crippen molar-refractivity contribution in [1.82, 2.24) is 0 Å². The van der Waals surface area contributed by atoms with Crippen molar-refractivity contribution in [1.29, 1.82) is 0 Å². The Kier molecular flexibility index (Phi) is 8.35. The highest BCUT2D eigenvalue weighted by atomic mass is 28.3. The summed E-state index contributed by atoms with van der Waals surface area (Å²) in [5, 5.41) is 9.50. The number of para-hydroxylation sites is 4. The number of hydrogen-bond donors (Lipinski definition) is 0. The number of benzene rings is 9. The Morgan fingerprint density at radius 1 is 0.456 bits per heavy atom. The zero-order valence-corrected chi connectivity index (χ0v) is 34.6. The monoisotopic (exact) mass is 752 g/mol. The van der Waals surface area contributed by atoms with E-state index in [2.05, 4.69) is 219 Å². The van der Waals surface area contributed by atoms with Gasteiger partial charge in [-0.1, -0.05) is 148 Å². The van der Waals surface area contributed by atoms with Gasteiger partial charge in [0.15, 0.2) is 0 Å². The average molecular weight is 753 g/mol. The molecule has 0 amide bonds. The van der Waals surface area contributed by atoms with Crippen LogP contribution in [0.25, 0.3) is 43.4 Å². The SMILES string of the molecule is CC1(C)CCc2cc(N(c3ccccc3)c3ccccc3)c3ccc4c(-c5ccc([Si](C)(C)C)cc5)cc(N(c5ccccc5)c5ccccc5)c5cc1c2c3c45. The van der Waals surface area contributed by atoms with Crippen molar-refractivity contribution in [3.8, 4) is 11.1 Å². The number of anilines is 6. The van der Waals surface area contributed by atoms with Gasteiger partial charge in [0.05, 0.1) is 19.4 Å². The summed E-state index contributed by atoms with van der Waals surface area (Å²) in [6.07, 6.45) is 2.13. The summed E-state index contributed by atoms with van der Waals surface area (Å²) in [7, 11) is -1.49. The standard InChI is InChI=1S/C54H48N2Si/c1-54(2)33-32-38-34-49(55(39-18-10-6-11-19-39)40-20-12-7-13-21-40)45-31-30-44-46(37-26-28-43(29-27-37)57(3,4)5)36-50(47-35-48(54)51(38)53(45)52(44)47)56(41-22-14-8-15-23-41)42-24-16-9-17-25-42/h6-31,34-36H,32-33H2,1-5H3. The first-order valence-electron chi connectivity index (χ1n) is 20.4. The van der Waals surface area contributed by atoms with Crippen LogP contribution < -0.4 is 15.0 Å². The zero-order valence-electron chi connectivity index (χ0n) is 33.6. The molecular weight excluding hydrogens is 705 g/mol. The summed E-state index contributed by atoms with van der Waals surface area (Å²) in [5.41, 5.74) is 12.4. The molecule has 0 bridgehead atoms. The van der Waals surface area contributed by atoms with E-state index in [0.29, 0.717) is 0 Å². The van der Waals surface area contributed by atoms with Crippen LogP contribution in [-0.4, -0.2) is 8.07 Å². The van der Waals surface area contributed by atoms with Crippen molar-refractivity contribution in [2.75, 3.05) is 9.80 Å². The largest absolute Gasteiger partial charge is 0.310 e. The molecule has 0 unspecified atom stereocenters. The molecule has 10 rings (SSSR count). The third kappa shape index (κ3) is 5.92. The highest BCUT2D eigenvalue weighted by Gasteiger charge is 2.34. The fraction of sp³-hybridized carbons (Fsp3) is 0.148. The van der Waals surface area contributed by atoms with E-state index < -0.39 is 8.07 Å². The molecule has 9 aromatic carbocycles. The summed E-state index contributed by atoms with van der Waals surface area (Å²) in [5.74, 6) is 0. The maximum atomic E-state index is 2.57. The lowest BCUT2D eigenvalue weighted by Gasteiger charge is -2.37. The van der Waals surface area contributed by atoms with Crippen molar-refractivity contribution in [2.45, 2.75) is 51.7 Å². The number of hydrogen-bond acceptors (Lipinski definition) is 2. The van der Waals surface area contributed by atoms with Crippen LogP contribution in [0.3, 0.4) is 0 Å². The first kappa shape index (κ1) is 35.3. The molecule has 2 nitrogen and oxygen atoms in total. The van der Waals surface area contributed by atoms with Crippen LogP contribution in [0.2, 0.25) is 19.6 Å². The maximum Gasteiger partial charge on any atom is 0.0775 e. The molecule has 0 heterocycles. The fourth-order valence-corrected chi connectivity index (χ4v) is 10.5. The van der Waals surface area contributed by atoms with Gasteiger partial charge in [-0.25, -0.2) is 0 Å². The molecule has 0 fully saturated rings. The summed E-state index contributed by atoms with van der Waals surface area (Å²) in [4.78, 5) is 4.95. The molecule has 0 atom stereocenters. The Balaban J connectivity index is 1.38. The molecule has 0 radical (unpaired) electrons. The number of nitrogens with zero attached hydrogens (tertiary/aromatic N) is 2. The van der Waals surface area contributed by atoms with Crippen LogP contribution in [0, 0.1) is 0 Å². The van der Waals surface area contributed by atoms with Gasteiger partial charge in [-0.15, -0.1) is 0 Å². The quantitative estimate of drug-likeness (QED) is 0.113. The topological polar surface area (TPSA) is 6.48 Å². The van der Waals surface area contributed by atoms with Crippen molar-refractivity contribution in [2.24, 2.45) is 0 Å². The molecule has 9 aromatic rings. The van der Waals surface area contributed by atoms with Crippen molar-refractivity contribution in [3.63, 3.8) is 0 Å². The Morgan fingerprint density at radius 2 is 0.930 bits per heavy atom. The van der Waals surface area contributed by atoms with E-state index in [9.17, 15) is 0 Å². The molecule has 3 heteroatoms. The first-order valence-corrected chi connectivity index (χ1v) is 23.9. The highest BCUT2D eigenvalue weighted by molar-refractivity contribution is 6.88.